The Morgan fingerprint density at radius 2 is 1.00 bits per heavy atom. The molecule has 252 valence electrons. The zero-order valence-corrected chi connectivity index (χ0v) is 29.8. The van der Waals surface area contributed by atoms with Crippen molar-refractivity contribution < 1.29 is 0 Å². The van der Waals surface area contributed by atoms with Crippen LogP contribution in [0.2, 0.25) is 0 Å². The molecule has 1 heterocycles. The molecule has 2 heteroatoms. The summed E-state index contributed by atoms with van der Waals surface area (Å²) in [5.74, 6) is 1.01. The van der Waals surface area contributed by atoms with Crippen molar-refractivity contribution in [3.63, 3.8) is 0 Å². The Hall–Kier alpha value is -6.77. The van der Waals surface area contributed by atoms with Crippen LogP contribution in [0.4, 0.5) is 0 Å². The van der Waals surface area contributed by atoms with Crippen LogP contribution in [0.15, 0.2) is 176 Å². The normalized spacial score (nSPS) is 13.5. The van der Waals surface area contributed by atoms with Gasteiger partial charge >= 0.3 is 0 Å². The lowest BCUT2D eigenvalue weighted by molar-refractivity contribution is 0.796. The number of imidazole rings is 1. The van der Waals surface area contributed by atoms with E-state index >= 15 is 0 Å². The van der Waals surface area contributed by atoms with Gasteiger partial charge < -0.3 is 4.57 Å². The van der Waals surface area contributed by atoms with Crippen molar-refractivity contribution in [1.82, 2.24) is 9.55 Å². The topological polar surface area (TPSA) is 17.8 Å². The maximum absolute atomic E-state index is 5.16. The average Bonchev–Trinajstić information content (AvgIpc) is 3.88. The standard InChI is InChI=1S/C52H34N2/c1-2-54-47-29-14-13-28-46(47)53-51(54)33-17-15-16-32(30-33)42-31-45-48(39-23-6-4-20-36(39)42)49-40-24-7-3-18-34(40)35-19-5-8-25-41(35)50(49)52(45)43-26-11-9-21-37(43)38-22-10-12-27-44(38)52/h3-31H,2H2,1H3. The Balaban J connectivity index is 1.25. The van der Waals surface area contributed by atoms with Gasteiger partial charge in [-0.3, -0.25) is 0 Å². The molecule has 0 aliphatic heterocycles. The van der Waals surface area contributed by atoms with Crippen molar-refractivity contribution >= 4 is 43.4 Å². The van der Waals surface area contributed by atoms with Crippen LogP contribution in [0.25, 0.3) is 88.1 Å². The van der Waals surface area contributed by atoms with E-state index in [0.717, 1.165) is 23.4 Å². The SMILES string of the molecule is CCn1c(-c2cccc(-c3cc4c(c5ccccc35)-c3c(c5ccccc5c5ccccc35)C43c4ccccc4-c4ccccc43)c2)nc2ccccc21. The first kappa shape index (κ1) is 29.8. The Morgan fingerprint density at radius 3 is 1.72 bits per heavy atom. The van der Waals surface area contributed by atoms with Gasteiger partial charge in [0, 0.05) is 12.1 Å². The maximum Gasteiger partial charge on any atom is 0.141 e. The van der Waals surface area contributed by atoms with Gasteiger partial charge in [0.1, 0.15) is 5.82 Å². The van der Waals surface area contributed by atoms with Crippen LogP contribution in [0.1, 0.15) is 29.2 Å². The summed E-state index contributed by atoms with van der Waals surface area (Å²) in [6.07, 6.45) is 0. The number of nitrogens with zero attached hydrogens (tertiary/aromatic N) is 2. The summed E-state index contributed by atoms with van der Waals surface area (Å²) in [5.41, 5.74) is 16.1. The van der Waals surface area contributed by atoms with Crippen LogP contribution in [0.5, 0.6) is 0 Å². The van der Waals surface area contributed by atoms with E-state index in [1.807, 2.05) is 0 Å². The largest absolute Gasteiger partial charge is 0.324 e. The van der Waals surface area contributed by atoms with E-state index in [4.69, 9.17) is 4.98 Å². The molecule has 2 nitrogen and oxygen atoms in total. The molecule has 0 fully saturated rings. The van der Waals surface area contributed by atoms with Gasteiger partial charge in [0.25, 0.3) is 0 Å². The first-order valence-electron chi connectivity index (χ1n) is 19.0. The molecule has 2 aliphatic rings. The van der Waals surface area contributed by atoms with E-state index < -0.39 is 5.41 Å². The van der Waals surface area contributed by atoms with Gasteiger partial charge in [-0.15, -0.1) is 0 Å². The molecule has 0 radical (unpaired) electrons. The molecule has 2 aliphatic carbocycles. The minimum Gasteiger partial charge on any atom is -0.324 e. The average molecular weight is 687 g/mol. The Kier molecular flexibility index (Phi) is 6.00. The smallest absolute Gasteiger partial charge is 0.141 e. The van der Waals surface area contributed by atoms with Crippen LogP contribution < -0.4 is 0 Å². The number of aromatic nitrogens is 2. The van der Waals surface area contributed by atoms with E-state index in [0.29, 0.717) is 0 Å². The van der Waals surface area contributed by atoms with Gasteiger partial charge in [-0.25, -0.2) is 4.98 Å². The lowest BCUT2D eigenvalue weighted by Gasteiger charge is -2.32. The van der Waals surface area contributed by atoms with Crippen LogP contribution in [-0.2, 0) is 12.0 Å². The minimum atomic E-state index is -0.506. The molecule has 0 unspecified atom stereocenters. The van der Waals surface area contributed by atoms with Crippen molar-refractivity contribution in [3.8, 4) is 44.8 Å². The van der Waals surface area contributed by atoms with Crippen molar-refractivity contribution in [2.24, 2.45) is 0 Å². The van der Waals surface area contributed by atoms with Crippen LogP contribution in [0.3, 0.4) is 0 Å². The molecule has 54 heavy (non-hydrogen) atoms. The third-order valence-corrected chi connectivity index (χ3v) is 12.4. The Morgan fingerprint density at radius 1 is 0.444 bits per heavy atom. The third kappa shape index (κ3) is 3.67. The third-order valence-electron chi connectivity index (χ3n) is 12.4. The molecule has 0 bridgehead atoms. The zero-order valence-electron chi connectivity index (χ0n) is 29.8. The van der Waals surface area contributed by atoms with E-state index in [1.165, 1.54) is 93.5 Å². The number of fused-ring (bicyclic) bond motifs is 18. The number of aryl methyl sites for hydroxylation is 1. The predicted octanol–water partition coefficient (Wildman–Crippen LogP) is 13.2. The zero-order chi connectivity index (χ0) is 35.5. The molecule has 1 spiro atoms. The molecule has 0 saturated heterocycles. The van der Waals surface area contributed by atoms with Crippen molar-refractivity contribution in [1.29, 1.82) is 0 Å². The molecule has 10 aromatic rings. The van der Waals surface area contributed by atoms with Crippen LogP contribution >= 0.6 is 0 Å². The van der Waals surface area contributed by atoms with Gasteiger partial charge in [-0.2, -0.15) is 0 Å². The first-order chi connectivity index (χ1) is 26.8. The summed E-state index contributed by atoms with van der Waals surface area (Å²) < 4.78 is 2.34. The second-order valence-electron chi connectivity index (χ2n) is 14.8. The fraction of sp³-hybridized carbons (Fsp3) is 0.0577. The van der Waals surface area contributed by atoms with E-state index in [-0.39, 0.29) is 0 Å². The summed E-state index contributed by atoms with van der Waals surface area (Å²) in [7, 11) is 0. The fourth-order valence-electron chi connectivity index (χ4n) is 10.3. The summed E-state index contributed by atoms with van der Waals surface area (Å²) in [5, 5.41) is 7.78. The second kappa shape index (κ2) is 10.9. The molecule has 9 aromatic carbocycles. The lowest BCUT2D eigenvalue weighted by Crippen LogP contribution is -2.26. The van der Waals surface area contributed by atoms with Crippen LogP contribution in [0, 0.1) is 0 Å². The van der Waals surface area contributed by atoms with Gasteiger partial charge in [-0.05, 0) is 119 Å². The van der Waals surface area contributed by atoms with E-state index in [9.17, 15) is 0 Å². The molecule has 1 aromatic heterocycles. The molecular weight excluding hydrogens is 653 g/mol. The fourth-order valence-corrected chi connectivity index (χ4v) is 10.3. The molecule has 0 amide bonds. The van der Waals surface area contributed by atoms with Crippen LogP contribution in [-0.4, -0.2) is 9.55 Å². The number of hydrogen-bond donors (Lipinski definition) is 0. The number of benzene rings is 9. The van der Waals surface area contributed by atoms with Crippen molar-refractivity contribution in [2.45, 2.75) is 18.9 Å². The molecule has 12 rings (SSSR count). The summed E-state index contributed by atoms with van der Waals surface area (Å²) in [4.78, 5) is 5.16. The highest BCUT2D eigenvalue weighted by Crippen LogP contribution is 2.67. The number of para-hydroxylation sites is 2. The highest BCUT2D eigenvalue weighted by Gasteiger charge is 2.53. The maximum atomic E-state index is 5.16. The monoisotopic (exact) mass is 686 g/mol. The second-order valence-corrected chi connectivity index (χ2v) is 14.8. The van der Waals surface area contributed by atoms with E-state index in [2.05, 4.69) is 187 Å². The van der Waals surface area contributed by atoms with Gasteiger partial charge in [0.2, 0.25) is 0 Å². The van der Waals surface area contributed by atoms with Crippen molar-refractivity contribution in [2.75, 3.05) is 0 Å². The van der Waals surface area contributed by atoms with Gasteiger partial charge in [0.05, 0.1) is 16.4 Å². The van der Waals surface area contributed by atoms with Gasteiger partial charge in [-0.1, -0.05) is 152 Å². The van der Waals surface area contributed by atoms with E-state index in [1.54, 1.807) is 0 Å². The molecule has 0 saturated carbocycles. The number of rotatable bonds is 3. The highest BCUT2D eigenvalue weighted by atomic mass is 15.1. The number of hydrogen-bond acceptors (Lipinski definition) is 1. The Labute approximate surface area is 313 Å². The van der Waals surface area contributed by atoms with Gasteiger partial charge in [0.15, 0.2) is 0 Å². The first-order valence-corrected chi connectivity index (χ1v) is 19.0. The molecule has 0 N–H and O–H groups in total. The predicted molar refractivity (Wildman–Crippen MR) is 225 cm³/mol. The van der Waals surface area contributed by atoms with Crippen molar-refractivity contribution in [3.05, 3.63) is 198 Å². The molecule has 0 atom stereocenters. The summed E-state index contributed by atoms with van der Waals surface area (Å²) in [6.45, 7) is 3.06. The Bertz CT molecular complexity index is 3170. The molecular formula is C52H34N2. The highest BCUT2D eigenvalue weighted by molar-refractivity contribution is 6.24. The lowest BCUT2D eigenvalue weighted by atomic mass is 9.68. The summed E-state index contributed by atoms with van der Waals surface area (Å²) in [6, 6.07) is 65.7. The quantitative estimate of drug-likeness (QED) is 0.169. The summed E-state index contributed by atoms with van der Waals surface area (Å²) >= 11 is 0. The minimum absolute atomic E-state index is 0.506.